The molecule has 6 rings (SSSR count). The molecular formula is C37H46N8O3. The van der Waals surface area contributed by atoms with Gasteiger partial charge in [-0.3, -0.25) is 9.72 Å². The van der Waals surface area contributed by atoms with Gasteiger partial charge in [0.05, 0.1) is 23.6 Å². The van der Waals surface area contributed by atoms with Crippen LogP contribution in [-0.4, -0.2) is 62.6 Å². The lowest BCUT2D eigenvalue weighted by Crippen LogP contribution is -2.36. The molecule has 2 unspecified atom stereocenters. The van der Waals surface area contributed by atoms with Crippen molar-refractivity contribution in [1.29, 1.82) is 0 Å². The van der Waals surface area contributed by atoms with E-state index in [1.165, 1.54) is 0 Å². The molecule has 0 bridgehead atoms. The van der Waals surface area contributed by atoms with Crippen molar-refractivity contribution in [1.82, 2.24) is 34.6 Å². The SMILES string of the molecule is CC(C)c1nnc2ccc(OC3CCC(NC(=O)Nc4cc(C(C)(C)C)nn4-c4cccc(OCCN(C)C)c4)c4ccccc43)cn12. The van der Waals surface area contributed by atoms with Crippen LogP contribution >= 0.6 is 0 Å². The minimum atomic E-state index is -0.298. The summed E-state index contributed by atoms with van der Waals surface area (Å²) in [5.74, 6) is 3.21. The molecule has 11 nitrogen and oxygen atoms in total. The third kappa shape index (κ3) is 7.31. The van der Waals surface area contributed by atoms with Crippen molar-refractivity contribution >= 4 is 17.5 Å². The minimum Gasteiger partial charge on any atom is -0.492 e. The average Bonchev–Trinajstić information content (AvgIpc) is 3.67. The lowest BCUT2D eigenvalue weighted by atomic mass is 9.85. The minimum absolute atomic E-state index is 0.151. The molecule has 48 heavy (non-hydrogen) atoms. The molecule has 2 aromatic carbocycles. The van der Waals surface area contributed by atoms with Gasteiger partial charge in [0, 0.05) is 30.0 Å². The molecule has 11 heteroatoms. The van der Waals surface area contributed by atoms with E-state index in [1.54, 1.807) is 4.68 Å². The molecule has 3 aromatic heterocycles. The summed E-state index contributed by atoms with van der Waals surface area (Å²) in [5.41, 5.74) is 4.35. The third-order valence-electron chi connectivity index (χ3n) is 8.53. The van der Waals surface area contributed by atoms with E-state index in [9.17, 15) is 4.79 Å². The number of carbonyl (C=O) groups excluding carboxylic acids is 1. The van der Waals surface area contributed by atoms with Crippen molar-refractivity contribution in [2.45, 2.75) is 70.9 Å². The number of ether oxygens (including phenoxy) is 2. The van der Waals surface area contributed by atoms with Gasteiger partial charge in [-0.2, -0.15) is 5.10 Å². The predicted octanol–water partition coefficient (Wildman–Crippen LogP) is 7.05. The molecule has 0 radical (unpaired) electrons. The molecule has 0 spiro atoms. The van der Waals surface area contributed by atoms with E-state index < -0.39 is 0 Å². The summed E-state index contributed by atoms with van der Waals surface area (Å²) < 4.78 is 16.3. The number of nitrogens with zero attached hydrogens (tertiary/aromatic N) is 6. The normalized spacial score (nSPS) is 16.3. The van der Waals surface area contributed by atoms with Crippen molar-refractivity contribution in [3.8, 4) is 17.2 Å². The summed E-state index contributed by atoms with van der Waals surface area (Å²) >= 11 is 0. The third-order valence-corrected chi connectivity index (χ3v) is 8.53. The maximum absolute atomic E-state index is 13.6. The second-order valence-corrected chi connectivity index (χ2v) is 14.0. The van der Waals surface area contributed by atoms with Crippen LogP contribution in [0.3, 0.4) is 0 Å². The van der Waals surface area contributed by atoms with Gasteiger partial charge in [-0.25, -0.2) is 9.48 Å². The Morgan fingerprint density at radius 1 is 0.979 bits per heavy atom. The first kappa shape index (κ1) is 33.0. The lowest BCUT2D eigenvalue weighted by Gasteiger charge is -2.32. The number of hydrogen-bond donors (Lipinski definition) is 2. The lowest BCUT2D eigenvalue weighted by molar-refractivity contribution is 0.171. The first-order chi connectivity index (χ1) is 23.0. The first-order valence-electron chi connectivity index (χ1n) is 16.6. The zero-order valence-corrected chi connectivity index (χ0v) is 28.9. The topological polar surface area (TPSA) is 111 Å². The number of urea groups is 1. The van der Waals surface area contributed by atoms with Gasteiger partial charge in [-0.1, -0.05) is 65.0 Å². The van der Waals surface area contributed by atoms with Crippen LogP contribution in [-0.2, 0) is 5.41 Å². The highest BCUT2D eigenvalue weighted by Crippen LogP contribution is 2.39. The Kier molecular flexibility index (Phi) is 9.41. The van der Waals surface area contributed by atoms with Crippen molar-refractivity contribution in [2.24, 2.45) is 0 Å². The van der Waals surface area contributed by atoms with E-state index in [-0.39, 0.29) is 29.5 Å². The van der Waals surface area contributed by atoms with Crippen LogP contribution in [0.1, 0.15) is 88.2 Å². The Morgan fingerprint density at radius 3 is 2.52 bits per heavy atom. The molecule has 0 aliphatic heterocycles. The maximum atomic E-state index is 13.6. The molecule has 0 saturated heterocycles. The summed E-state index contributed by atoms with van der Waals surface area (Å²) in [6.07, 6.45) is 3.28. The van der Waals surface area contributed by atoms with E-state index in [0.29, 0.717) is 12.4 Å². The number of rotatable bonds is 10. The summed E-state index contributed by atoms with van der Waals surface area (Å²) in [7, 11) is 4.03. The quantitative estimate of drug-likeness (QED) is 0.167. The van der Waals surface area contributed by atoms with Gasteiger partial charge in [0.2, 0.25) is 0 Å². The number of anilines is 1. The molecule has 0 saturated carbocycles. The number of likely N-dealkylation sites (N-methyl/N-ethyl adjacent to an activating group) is 1. The van der Waals surface area contributed by atoms with Crippen LogP contribution < -0.4 is 20.1 Å². The summed E-state index contributed by atoms with van der Waals surface area (Å²) in [5, 5.41) is 19.9. The fourth-order valence-electron chi connectivity index (χ4n) is 5.93. The summed E-state index contributed by atoms with van der Waals surface area (Å²) in [6.45, 7) is 11.9. The number of pyridine rings is 1. The largest absolute Gasteiger partial charge is 0.492 e. The highest BCUT2D eigenvalue weighted by molar-refractivity contribution is 5.89. The van der Waals surface area contributed by atoms with E-state index in [2.05, 4.69) is 72.5 Å². The van der Waals surface area contributed by atoms with Crippen LogP contribution in [0.25, 0.3) is 11.3 Å². The van der Waals surface area contributed by atoms with E-state index in [4.69, 9.17) is 14.6 Å². The van der Waals surface area contributed by atoms with Gasteiger partial charge >= 0.3 is 6.03 Å². The van der Waals surface area contributed by atoms with Crippen molar-refractivity contribution in [3.63, 3.8) is 0 Å². The molecule has 0 fully saturated rings. The van der Waals surface area contributed by atoms with E-state index in [0.717, 1.165) is 64.9 Å². The van der Waals surface area contributed by atoms with Gasteiger partial charge in [0.25, 0.3) is 0 Å². The standard InChI is InChI=1S/C37H46N8O3/c1-24(2)35-41-40-33-18-15-27(23-44(33)35)48-31-17-16-30(28-13-8-9-14-29(28)31)38-36(46)39-34-22-32(37(3,4)5)42-45(34)25-11-10-12-26(21-25)47-20-19-43(6)7/h8-15,18,21-24,30-31H,16-17,19-20H2,1-7H3,(H2,38,39,46). The molecule has 3 heterocycles. The molecule has 5 aromatic rings. The zero-order chi connectivity index (χ0) is 34.0. The molecule has 1 aliphatic rings. The fraction of sp³-hybridized carbons (Fsp3) is 0.405. The predicted molar refractivity (Wildman–Crippen MR) is 187 cm³/mol. The Morgan fingerprint density at radius 2 is 1.77 bits per heavy atom. The molecule has 2 atom stereocenters. The molecular weight excluding hydrogens is 604 g/mol. The second kappa shape index (κ2) is 13.7. The first-order valence-corrected chi connectivity index (χ1v) is 16.6. The number of aromatic nitrogens is 5. The van der Waals surface area contributed by atoms with Crippen molar-refractivity contribution in [2.75, 3.05) is 32.6 Å². The number of nitrogens with one attached hydrogen (secondary N) is 2. The van der Waals surface area contributed by atoms with E-state index in [1.807, 2.05) is 79.3 Å². The van der Waals surface area contributed by atoms with Crippen molar-refractivity contribution < 1.29 is 14.3 Å². The van der Waals surface area contributed by atoms with Gasteiger partial charge in [-0.15, -0.1) is 10.2 Å². The maximum Gasteiger partial charge on any atom is 0.320 e. The molecule has 1 aliphatic carbocycles. The number of carbonyl (C=O) groups is 1. The monoisotopic (exact) mass is 650 g/mol. The van der Waals surface area contributed by atoms with Crippen LogP contribution in [0.15, 0.2) is 72.9 Å². The summed E-state index contributed by atoms with van der Waals surface area (Å²) in [6, 6.07) is 21.3. The van der Waals surface area contributed by atoms with Gasteiger partial charge in [0.1, 0.15) is 35.9 Å². The van der Waals surface area contributed by atoms with Crippen molar-refractivity contribution in [3.05, 3.63) is 95.6 Å². The molecule has 252 valence electrons. The van der Waals surface area contributed by atoms with E-state index >= 15 is 0 Å². The van der Waals surface area contributed by atoms with Crippen LogP contribution in [0.5, 0.6) is 11.5 Å². The average molecular weight is 651 g/mol. The number of fused-ring (bicyclic) bond motifs is 2. The highest BCUT2D eigenvalue weighted by Gasteiger charge is 2.30. The molecule has 2 N–H and O–H groups in total. The highest BCUT2D eigenvalue weighted by atomic mass is 16.5. The Bertz CT molecular complexity index is 1890. The van der Waals surface area contributed by atoms with Crippen LogP contribution in [0, 0.1) is 0 Å². The van der Waals surface area contributed by atoms with Gasteiger partial charge in [-0.05, 0) is 62.3 Å². The summed E-state index contributed by atoms with van der Waals surface area (Å²) in [4.78, 5) is 15.7. The fourth-order valence-corrected chi connectivity index (χ4v) is 5.93. The van der Waals surface area contributed by atoms with Crippen LogP contribution in [0.2, 0.25) is 0 Å². The number of benzene rings is 2. The number of amides is 2. The zero-order valence-electron chi connectivity index (χ0n) is 28.9. The Labute approximate surface area is 282 Å². The smallest absolute Gasteiger partial charge is 0.320 e. The second-order valence-electron chi connectivity index (χ2n) is 14.0. The Hall–Kier alpha value is -4.90. The Balaban J connectivity index is 1.19. The number of hydrogen-bond acceptors (Lipinski definition) is 7. The van der Waals surface area contributed by atoms with Crippen LogP contribution in [0.4, 0.5) is 10.6 Å². The molecule has 2 amide bonds. The van der Waals surface area contributed by atoms with Gasteiger partial charge < -0.3 is 19.7 Å². The van der Waals surface area contributed by atoms with Gasteiger partial charge in [0.15, 0.2) is 5.65 Å².